The molecule has 0 aliphatic carbocycles. The van der Waals surface area contributed by atoms with E-state index in [1.165, 1.54) is 24.3 Å². The van der Waals surface area contributed by atoms with Gasteiger partial charge in [-0.25, -0.2) is 8.78 Å². The standard InChI is InChI=1S/C16H12F2N4/c17-10-4-1-9(2-5-10)3-6-14-12-7-11(16(19)20)13(18)8-15(12)22-21-14/h1-8H,(H3,19,20)(H,21,22)/b6-3+. The van der Waals surface area contributed by atoms with Crippen LogP contribution in [-0.2, 0) is 0 Å². The van der Waals surface area contributed by atoms with Gasteiger partial charge in [0.15, 0.2) is 0 Å². The lowest BCUT2D eigenvalue weighted by atomic mass is 10.1. The van der Waals surface area contributed by atoms with Gasteiger partial charge in [-0.2, -0.15) is 5.10 Å². The number of benzene rings is 2. The third-order valence-corrected chi connectivity index (χ3v) is 3.27. The largest absolute Gasteiger partial charge is 0.384 e. The maximum atomic E-state index is 13.7. The molecule has 1 heterocycles. The summed E-state index contributed by atoms with van der Waals surface area (Å²) in [5.74, 6) is -1.21. The van der Waals surface area contributed by atoms with E-state index in [1.807, 2.05) is 0 Å². The summed E-state index contributed by atoms with van der Waals surface area (Å²) in [5, 5.41) is 14.9. The number of H-pyrrole nitrogens is 1. The molecule has 0 aliphatic rings. The molecule has 0 atom stereocenters. The number of fused-ring (bicyclic) bond motifs is 1. The molecule has 0 saturated heterocycles. The number of nitrogens with two attached hydrogens (primary N) is 1. The summed E-state index contributed by atoms with van der Waals surface area (Å²) >= 11 is 0. The van der Waals surface area contributed by atoms with Crippen molar-refractivity contribution in [2.24, 2.45) is 5.73 Å². The minimum absolute atomic E-state index is 0.0327. The molecule has 110 valence electrons. The van der Waals surface area contributed by atoms with E-state index >= 15 is 0 Å². The van der Waals surface area contributed by atoms with Crippen molar-refractivity contribution in [2.45, 2.75) is 0 Å². The Morgan fingerprint density at radius 1 is 1.14 bits per heavy atom. The fourth-order valence-electron chi connectivity index (χ4n) is 2.14. The predicted octanol–water partition coefficient (Wildman–Crippen LogP) is 3.30. The van der Waals surface area contributed by atoms with Crippen molar-refractivity contribution in [3.63, 3.8) is 0 Å². The van der Waals surface area contributed by atoms with Gasteiger partial charge in [-0.3, -0.25) is 10.5 Å². The molecule has 0 aliphatic heterocycles. The van der Waals surface area contributed by atoms with Crippen molar-refractivity contribution in [1.29, 1.82) is 5.41 Å². The average Bonchev–Trinajstić information content (AvgIpc) is 2.87. The third-order valence-electron chi connectivity index (χ3n) is 3.27. The van der Waals surface area contributed by atoms with E-state index in [0.29, 0.717) is 16.6 Å². The highest BCUT2D eigenvalue weighted by molar-refractivity contribution is 6.00. The van der Waals surface area contributed by atoms with Crippen LogP contribution in [0.4, 0.5) is 8.78 Å². The summed E-state index contributed by atoms with van der Waals surface area (Å²) in [6.45, 7) is 0. The molecule has 6 heteroatoms. The SMILES string of the molecule is N=C(N)c1cc2c(/C=C/c3ccc(F)cc3)n[nH]c2cc1F. The van der Waals surface area contributed by atoms with Gasteiger partial charge >= 0.3 is 0 Å². The molecule has 0 bridgehead atoms. The van der Waals surface area contributed by atoms with Crippen LogP contribution in [0.15, 0.2) is 36.4 Å². The Bertz CT molecular complexity index is 879. The van der Waals surface area contributed by atoms with Crippen LogP contribution in [0, 0.1) is 17.0 Å². The topological polar surface area (TPSA) is 78.6 Å². The Morgan fingerprint density at radius 3 is 2.55 bits per heavy atom. The Hall–Kier alpha value is -3.02. The predicted molar refractivity (Wildman–Crippen MR) is 82.4 cm³/mol. The highest BCUT2D eigenvalue weighted by Crippen LogP contribution is 2.22. The van der Waals surface area contributed by atoms with Crippen LogP contribution < -0.4 is 5.73 Å². The molecule has 1 aromatic heterocycles. The van der Waals surface area contributed by atoms with Gasteiger partial charge in [-0.1, -0.05) is 18.2 Å². The second-order valence-corrected chi connectivity index (χ2v) is 4.79. The fourth-order valence-corrected chi connectivity index (χ4v) is 2.14. The maximum absolute atomic E-state index is 13.7. The smallest absolute Gasteiger partial charge is 0.136 e. The molecule has 0 unspecified atom stereocenters. The van der Waals surface area contributed by atoms with Crippen molar-refractivity contribution >= 4 is 28.9 Å². The van der Waals surface area contributed by atoms with Gasteiger partial charge in [-0.05, 0) is 29.8 Å². The summed E-state index contributed by atoms with van der Waals surface area (Å²) in [6.07, 6.45) is 3.50. The van der Waals surface area contributed by atoms with Crippen LogP contribution >= 0.6 is 0 Å². The molecular formula is C16H12F2N4. The Morgan fingerprint density at radius 2 is 1.86 bits per heavy atom. The van der Waals surface area contributed by atoms with E-state index in [1.54, 1.807) is 24.3 Å². The van der Waals surface area contributed by atoms with Crippen LogP contribution in [0.1, 0.15) is 16.8 Å². The minimum Gasteiger partial charge on any atom is -0.384 e. The Kier molecular flexibility index (Phi) is 3.42. The van der Waals surface area contributed by atoms with Gasteiger partial charge in [0, 0.05) is 11.5 Å². The van der Waals surface area contributed by atoms with Crippen molar-refractivity contribution in [3.05, 3.63) is 64.9 Å². The lowest BCUT2D eigenvalue weighted by molar-refractivity contribution is 0.626. The molecular weight excluding hydrogens is 286 g/mol. The van der Waals surface area contributed by atoms with Crippen molar-refractivity contribution in [3.8, 4) is 0 Å². The first kappa shape index (κ1) is 13.9. The first-order valence-corrected chi connectivity index (χ1v) is 6.50. The second kappa shape index (κ2) is 5.40. The summed E-state index contributed by atoms with van der Waals surface area (Å²) in [7, 11) is 0. The van der Waals surface area contributed by atoms with Crippen LogP contribution in [0.25, 0.3) is 23.1 Å². The molecule has 0 spiro atoms. The van der Waals surface area contributed by atoms with Crippen molar-refractivity contribution in [1.82, 2.24) is 10.2 Å². The Labute approximate surface area is 124 Å². The third kappa shape index (κ3) is 2.58. The van der Waals surface area contributed by atoms with E-state index in [4.69, 9.17) is 11.1 Å². The summed E-state index contributed by atoms with van der Waals surface area (Å²) in [5.41, 5.74) is 7.31. The van der Waals surface area contributed by atoms with Gasteiger partial charge in [0.1, 0.15) is 17.5 Å². The van der Waals surface area contributed by atoms with Crippen LogP contribution in [0.3, 0.4) is 0 Å². The summed E-state index contributed by atoms with van der Waals surface area (Å²) in [4.78, 5) is 0. The number of hydrogen-bond acceptors (Lipinski definition) is 2. The molecule has 0 fully saturated rings. The number of aromatic amines is 1. The average molecular weight is 298 g/mol. The van der Waals surface area contributed by atoms with Gasteiger partial charge in [0.2, 0.25) is 0 Å². The first-order valence-electron chi connectivity index (χ1n) is 6.50. The van der Waals surface area contributed by atoms with E-state index in [2.05, 4.69) is 10.2 Å². The number of rotatable bonds is 3. The number of halogens is 2. The van der Waals surface area contributed by atoms with Crippen LogP contribution in [-0.4, -0.2) is 16.0 Å². The molecule has 3 rings (SSSR count). The lowest BCUT2D eigenvalue weighted by Crippen LogP contribution is -2.13. The van der Waals surface area contributed by atoms with Gasteiger partial charge in [0.05, 0.1) is 16.8 Å². The molecule has 0 radical (unpaired) electrons. The second-order valence-electron chi connectivity index (χ2n) is 4.79. The van der Waals surface area contributed by atoms with Gasteiger partial charge in [0.25, 0.3) is 0 Å². The van der Waals surface area contributed by atoms with E-state index < -0.39 is 5.82 Å². The number of aromatic nitrogens is 2. The zero-order valence-electron chi connectivity index (χ0n) is 11.4. The van der Waals surface area contributed by atoms with Crippen LogP contribution in [0.5, 0.6) is 0 Å². The highest BCUT2D eigenvalue weighted by Gasteiger charge is 2.11. The lowest BCUT2D eigenvalue weighted by Gasteiger charge is -2.01. The molecule has 3 aromatic rings. The number of hydrogen-bond donors (Lipinski definition) is 3. The molecule has 0 saturated carbocycles. The Balaban J connectivity index is 2.02. The highest BCUT2D eigenvalue weighted by atomic mass is 19.1. The maximum Gasteiger partial charge on any atom is 0.136 e. The van der Waals surface area contributed by atoms with Gasteiger partial charge < -0.3 is 5.73 Å². The van der Waals surface area contributed by atoms with Crippen molar-refractivity contribution < 1.29 is 8.78 Å². The minimum atomic E-state index is -0.572. The van der Waals surface area contributed by atoms with Gasteiger partial charge in [-0.15, -0.1) is 0 Å². The normalized spacial score (nSPS) is 11.4. The number of nitrogens with zero attached hydrogens (tertiary/aromatic N) is 1. The zero-order chi connectivity index (χ0) is 15.7. The molecule has 0 amide bonds. The summed E-state index contributed by atoms with van der Waals surface area (Å²) < 4.78 is 26.6. The molecule has 4 N–H and O–H groups in total. The number of amidine groups is 1. The van der Waals surface area contributed by atoms with E-state index in [0.717, 1.165) is 5.56 Å². The summed E-state index contributed by atoms with van der Waals surface area (Å²) in [6, 6.07) is 8.76. The number of nitrogens with one attached hydrogen (secondary N) is 2. The quantitative estimate of drug-likeness (QED) is 0.512. The fraction of sp³-hybridized carbons (Fsp3) is 0. The van der Waals surface area contributed by atoms with Crippen LogP contribution in [0.2, 0.25) is 0 Å². The zero-order valence-corrected chi connectivity index (χ0v) is 11.4. The molecule has 22 heavy (non-hydrogen) atoms. The first-order chi connectivity index (χ1) is 10.5. The van der Waals surface area contributed by atoms with E-state index in [-0.39, 0.29) is 17.2 Å². The van der Waals surface area contributed by atoms with E-state index in [9.17, 15) is 8.78 Å². The molecule has 2 aromatic carbocycles. The number of nitrogen functional groups attached to an aromatic ring is 1. The molecule has 4 nitrogen and oxygen atoms in total. The van der Waals surface area contributed by atoms with Crippen molar-refractivity contribution in [2.75, 3.05) is 0 Å². The monoisotopic (exact) mass is 298 g/mol.